The van der Waals surface area contributed by atoms with E-state index in [1.807, 2.05) is 0 Å². The van der Waals surface area contributed by atoms with E-state index in [1.54, 1.807) is 0 Å². The minimum Gasteiger partial charge on any atom is -0.606 e. The fourth-order valence-electron chi connectivity index (χ4n) is 2.42. The van der Waals surface area contributed by atoms with Gasteiger partial charge < -0.3 is 14.0 Å². The van der Waals surface area contributed by atoms with Gasteiger partial charge in [0.15, 0.2) is 16.3 Å². The lowest BCUT2D eigenvalue weighted by molar-refractivity contribution is -0.152. The molecule has 0 saturated carbocycles. The third kappa shape index (κ3) is 4.98. The predicted octanol–water partition coefficient (Wildman–Crippen LogP) is 4.86. The van der Waals surface area contributed by atoms with Crippen LogP contribution in [0.25, 0.3) is 0 Å². The van der Waals surface area contributed by atoms with Gasteiger partial charge in [-0.3, -0.25) is 0 Å². The van der Waals surface area contributed by atoms with Gasteiger partial charge in [0.25, 0.3) is 0 Å². The fourth-order valence-corrected chi connectivity index (χ4v) is 3.71. The van der Waals surface area contributed by atoms with Crippen LogP contribution in [0.2, 0.25) is 0 Å². The molecule has 0 amide bonds. The Bertz CT molecular complexity index is 916. The first-order valence-electron chi connectivity index (χ1n) is 8.23. The summed E-state index contributed by atoms with van der Waals surface area (Å²) < 4.78 is 104. The van der Waals surface area contributed by atoms with Crippen LogP contribution >= 0.6 is 0 Å². The number of hydrogen-bond donors (Lipinski definition) is 0. The molecule has 164 valence electrons. The van der Waals surface area contributed by atoms with Gasteiger partial charge in [-0.25, -0.2) is 9.78 Å². The zero-order chi connectivity index (χ0) is 22.9. The van der Waals surface area contributed by atoms with Crippen LogP contribution in [0.3, 0.4) is 0 Å². The molecule has 5 nitrogen and oxygen atoms in total. The first-order chi connectivity index (χ1) is 13.8. The van der Waals surface area contributed by atoms with Crippen molar-refractivity contribution in [1.29, 1.82) is 0 Å². The third-order valence-electron chi connectivity index (χ3n) is 3.53. The highest BCUT2D eigenvalue weighted by molar-refractivity contribution is 7.91. The predicted molar refractivity (Wildman–Crippen MR) is 92.5 cm³/mol. The molecule has 0 bridgehead atoms. The zero-order valence-electron chi connectivity index (χ0n) is 15.7. The molecule has 1 unspecified atom stereocenters. The summed E-state index contributed by atoms with van der Waals surface area (Å²) in [7, 11) is 0.743. The summed E-state index contributed by atoms with van der Waals surface area (Å²) in [6.07, 6.45) is -11.8. The van der Waals surface area contributed by atoms with E-state index in [9.17, 15) is 35.7 Å². The van der Waals surface area contributed by atoms with Crippen molar-refractivity contribution in [3.63, 3.8) is 0 Å². The number of hydrogen-bond acceptors (Lipinski definition) is 5. The average Bonchev–Trinajstić information content (AvgIpc) is 2.64. The van der Waals surface area contributed by atoms with Gasteiger partial charge in [-0.05, 0) is 26.0 Å². The van der Waals surface area contributed by atoms with Gasteiger partial charge in [0, 0.05) is 11.2 Å². The summed E-state index contributed by atoms with van der Waals surface area (Å²) in [5.41, 5.74) is -5.60. The molecule has 1 atom stereocenters. The molecule has 1 heterocycles. The highest BCUT2D eigenvalue weighted by Crippen LogP contribution is 2.46. The lowest BCUT2D eigenvalue weighted by Gasteiger charge is -2.23. The Morgan fingerprint density at radius 1 is 1.03 bits per heavy atom. The monoisotopic (exact) mass is 455 g/mol. The molecule has 1 aromatic heterocycles. The second kappa shape index (κ2) is 8.72. The normalized spacial score (nSPS) is 13.3. The first-order valence-corrected chi connectivity index (χ1v) is 9.38. The van der Waals surface area contributed by atoms with Crippen LogP contribution in [0.1, 0.15) is 35.6 Å². The Hall–Kier alpha value is -2.47. The van der Waals surface area contributed by atoms with E-state index in [-0.39, 0.29) is 4.90 Å². The lowest BCUT2D eigenvalue weighted by Crippen LogP contribution is -2.27. The van der Waals surface area contributed by atoms with E-state index in [0.717, 1.165) is 7.11 Å². The number of rotatable bonds is 5. The fraction of sp³-hybridized carbons (Fsp3) is 0.333. The summed E-state index contributed by atoms with van der Waals surface area (Å²) >= 11 is -2.68. The maximum Gasteiger partial charge on any atom is 0.438 e. The van der Waals surface area contributed by atoms with E-state index in [2.05, 4.69) is 9.72 Å². The summed E-state index contributed by atoms with van der Waals surface area (Å²) in [5.74, 6) is -2.78. The average molecular weight is 455 g/mol. The van der Waals surface area contributed by atoms with Crippen LogP contribution in [0.4, 0.5) is 26.3 Å². The van der Waals surface area contributed by atoms with Crippen molar-refractivity contribution in [2.24, 2.45) is 0 Å². The molecule has 0 aliphatic rings. The Balaban J connectivity index is 3.04. The van der Waals surface area contributed by atoms with Gasteiger partial charge in [0.05, 0.1) is 13.2 Å². The summed E-state index contributed by atoms with van der Waals surface area (Å²) in [6, 6.07) is 6.68. The highest BCUT2D eigenvalue weighted by atomic mass is 32.2. The zero-order valence-corrected chi connectivity index (χ0v) is 16.5. The number of benzene rings is 1. The Kier molecular flexibility index (Phi) is 6.92. The van der Waals surface area contributed by atoms with Crippen LogP contribution < -0.4 is 4.74 Å². The standard InChI is InChI=1S/C18H15F6NO4S/c1-9(2)29-12-11(16(26)28-3)14(17(19,20)21)25-15(18(22,23)24)13(12)30(27)10-7-5-4-6-8-10/h4-9H,1-3H3. The van der Waals surface area contributed by atoms with Gasteiger partial charge in [0.2, 0.25) is 10.6 Å². The minimum atomic E-state index is -5.45. The number of halogens is 6. The maximum absolute atomic E-state index is 13.7. The Morgan fingerprint density at radius 2 is 1.57 bits per heavy atom. The molecule has 0 fully saturated rings. The molecule has 12 heteroatoms. The van der Waals surface area contributed by atoms with Crippen molar-refractivity contribution < 1.29 is 45.2 Å². The number of aromatic nitrogens is 1. The largest absolute Gasteiger partial charge is 0.606 e. The minimum absolute atomic E-state index is 0.158. The molecule has 0 radical (unpaired) electrons. The summed E-state index contributed by atoms with van der Waals surface area (Å²) in [4.78, 5) is 13.5. The van der Waals surface area contributed by atoms with Crippen molar-refractivity contribution in [1.82, 2.24) is 4.98 Å². The molecule has 0 spiro atoms. The van der Waals surface area contributed by atoms with Gasteiger partial charge in [-0.1, -0.05) is 18.2 Å². The second-order valence-electron chi connectivity index (χ2n) is 6.08. The van der Waals surface area contributed by atoms with E-state index in [0.29, 0.717) is 0 Å². The topological polar surface area (TPSA) is 71.5 Å². The third-order valence-corrected chi connectivity index (χ3v) is 4.98. The number of methoxy groups -OCH3 is 1. The number of pyridine rings is 1. The summed E-state index contributed by atoms with van der Waals surface area (Å²) in [5, 5.41) is 0. The van der Waals surface area contributed by atoms with Crippen molar-refractivity contribution in [2.75, 3.05) is 7.11 Å². The lowest BCUT2D eigenvalue weighted by atomic mass is 10.1. The van der Waals surface area contributed by atoms with E-state index >= 15 is 0 Å². The molecule has 2 aromatic rings. The van der Waals surface area contributed by atoms with Gasteiger partial charge in [0.1, 0.15) is 5.56 Å². The number of esters is 1. The van der Waals surface area contributed by atoms with Crippen LogP contribution in [-0.2, 0) is 28.3 Å². The molecule has 2 rings (SSSR count). The number of carbonyl (C=O) groups excluding carboxylic acids is 1. The second-order valence-corrected chi connectivity index (χ2v) is 7.49. The quantitative estimate of drug-likeness (QED) is 0.366. The molecule has 0 aliphatic carbocycles. The molecular weight excluding hydrogens is 440 g/mol. The molecule has 1 aromatic carbocycles. The molecular formula is C18H15F6NO4S. The van der Waals surface area contributed by atoms with Crippen molar-refractivity contribution in [3.8, 4) is 5.75 Å². The molecule has 0 saturated heterocycles. The van der Waals surface area contributed by atoms with Crippen LogP contribution in [0, 0.1) is 0 Å². The Labute approximate surface area is 170 Å². The van der Waals surface area contributed by atoms with E-state index in [4.69, 9.17) is 4.74 Å². The van der Waals surface area contributed by atoms with Crippen molar-refractivity contribution >= 4 is 17.1 Å². The number of ether oxygens (including phenoxy) is 2. The maximum atomic E-state index is 13.7. The van der Waals surface area contributed by atoms with Crippen molar-refractivity contribution in [2.45, 2.75) is 42.1 Å². The number of carbonyl (C=O) groups is 1. The van der Waals surface area contributed by atoms with Gasteiger partial charge >= 0.3 is 18.3 Å². The first kappa shape index (κ1) is 23.8. The van der Waals surface area contributed by atoms with E-state index in [1.165, 1.54) is 44.2 Å². The van der Waals surface area contributed by atoms with Crippen molar-refractivity contribution in [3.05, 3.63) is 47.3 Å². The molecule has 0 N–H and O–H groups in total. The number of nitrogens with zero attached hydrogens (tertiary/aromatic N) is 1. The summed E-state index contributed by atoms with van der Waals surface area (Å²) in [6.45, 7) is 2.63. The van der Waals surface area contributed by atoms with Gasteiger partial charge in [-0.15, -0.1) is 0 Å². The van der Waals surface area contributed by atoms with E-state index < -0.39 is 63.2 Å². The Morgan fingerprint density at radius 3 is 2.00 bits per heavy atom. The van der Waals surface area contributed by atoms with Gasteiger partial charge in [-0.2, -0.15) is 26.3 Å². The van der Waals surface area contributed by atoms with Crippen LogP contribution in [0.5, 0.6) is 5.75 Å². The molecule has 30 heavy (non-hydrogen) atoms. The van der Waals surface area contributed by atoms with Crippen LogP contribution in [-0.4, -0.2) is 28.7 Å². The van der Waals surface area contributed by atoms with Crippen LogP contribution in [0.15, 0.2) is 40.1 Å². The molecule has 0 aliphatic heterocycles. The smallest absolute Gasteiger partial charge is 0.438 e. The highest BCUT2D eigenvalue weighted by Gasteiger charge is 2.50. The number of alkyl halides is 6. The SMILES string of the molecule is COC(=O)c1c(C(F)(F)F)nc(C(F)(F)F)c([S+]([O-])c2ccccc2)c1OC(C)C.